The number of carbonyl (C=O) groups excluding carboxylic acids is 1. The maximum absolute atomic E-state index is 13.2. The Morgan fingerprint density at radius 2 is 1.85 bits per heavy atom. The first-order valence-electron chi connectivity index (χ1n) is 9.30. The van der Waals surface area contributed by atoms with Crippen LogP contribution < -0.4 is 0 Å². The van der Waals surface area contributed by atoms with Gasteiger partial charge >= 0.3 is 0 Å². The van der Waals surface area contributed by atoms with E-state index in [2.05, 4.69) is 33.0 Å². The lowest BCUT2D eigenvalue weighted by atomic mass is 9.82. The maximum atomic E-state index is 13.2. The zero-order valence-corrected chi connectivity index (χ0v) is 16.7. The van der Waals surface area contributed by atoms with Crippen LogP contribution in [0.5, 0.6) is 0 Å². The molecule has 0 bridgehead atoms. The lowest BCUT2D eigenvalue weighted by Crippen LogP contribution is -2.65. The van der Waals surface area contributed by atoms with Gasteiger partial charge in [0.25, 0.3) is 5.91 Å². The molecule has 6 heteroatoms. The van der Waals surface area contributed by atoms with E-state index >= 15 is 0 Å². The third-order valence-electron chi connectivity index (χ3n) is 5.76. The molecule has 5 nitrogen and oxygen atoms in total. The third-order valence-corrected chi connectivity index (χ3v) is 6.29. The molecule has 1 aromatic carbocycles. The third kappa shape index (κ3) is 3.24. The van der Waals surface area contributed by atoms with Crippen molar-refractivity contribution in [1.82, 2.24) is 9.80 Å². The Hall–Kier alpha value is -1.21. The summed E-state index contributed by atoms with van der Waals surface area (Å²) >= 11 is 3.43. The van der Waals surface area contributed by atoms with Gasteiger partial charge in [0, 0.05) is 42.6 Å². The van der Waals surface area contributed by atoms with Crippen molar-refractivity contribution >= 4 is 21.8 Å². The molecule has 4 rings (SSSR count). The molecule has 2 fully saturated rings. The highest BCUT2D eigenvalue weighted by Crippen LogP contribution is 2.41. The molecular weight excluding hydrogens is 396 g/mol. The van der Waals surface area contributed by atoms with Gasteiger partial charge in [0.1, 0.15) is 6.04 Å². The fraction of sp³-hybridized carbons (Fsp3) is 0.550. The van der Waals surface area contributed by atoms with E-state index in [9.17, 15) is 4.79 Å². The summed E-state index contributed by atoms with van der Waals surface area (Å²) in [4.78, 5) is 17.5. The summed E-state index contributed by atoms with van der Waals surface area (Å²) in [6.45, 7) is 3.05. The highest BCUT2D eigenvalue weighted by molar-refractivity contribution is 9.10. The van der Waals surface area contributed by atoms with Gasteiger partial charge in [-0.1, -0.05) is 28.1 Å². The Morgan fingerprint density at radius 1 is 1.19 bits per heavy atom. The minimum atomic E-state index is -0.675. The fourth-order valence-electron chi connectivity index (χ4n) is 4.57. The number of amides is 1. The number of likely N-dealkylation sites (N-methyl/N-ethyl adjacent to an activating group) is 1. The van der Waals surface area contributed by atoms with Crippen LogP contribution >= 0.6 is 15.9 Å². The Kier molecular flexibility index (Phi) is 5.19. The van der Waals surface area contributed by atoms with Crippen molar-refractivity contribution in [3.63, 3.8) is 0 Å². The second-order valence-corrected chi connectivity index (χ2v) is 8.18. The van der Waals surface area contributed by atoms with E-state index in [1.807, 2.05) is 36.2 Å². The van der Waals surface area contributed by atoms with E-state index < -0.39 is 5.79 Å². The van der Waals surface area contributed by atoms with Crippen LogP contribution in [0.1, 0.15) is 29.6 Å². The number of hydrogen-bond donors (Lipinski definition) is 0. The highest BCUT2D eigenvalue weighted by atomic mass is 79.9. The summed E-state index contributed by atoms with van der Waals surface area (Å²) in [6.07, 6.45) is 7.35. The molecule has 1 saturated carbocycles. The van der Waals surface area contributed by atoms with Crippen molar-refractivity contribution in [2.45, 2.75) is 37.1 Å². The standard InChI is InChI=1S/C20H25BrN2O3/c1-22(19(24)15-6-8-16(21)9-7-15)18-17(23-11-2-3-12-23)5-4-10-20(18)25-13-14-26-20/h2-3,6-9,17-18H,4-5,10-14H2,1H3/t17-,18+/m0/s1. The first-order valence-corrected chi connectivity index (χ1v) is 10.1. The van der Waals surface area contributed by atoms with Crippen LogP contribution in [0.3, 0.4) is 0 Å². The molecule has 0 aromatic heterocycles. The van der Waals surface area contributed by atoms with Gasteiger partial charge in [-0.15, -0.1) is 0 Å². The van der Waals surface area contributed by atoms with Crippen molar-refractivity contribution in [2.24, 2.45) is 0 Å². The van der Waals surface area contributed by atoms with Gasteiger partial charge in [0.15, 0.2) is 5.79 Å². The largest absolute Gasteiger partial charge is 0.345 e. The summed E-state index contributed by atoms with van der Waals surface area (Å²) in [6, 6.07) is 7.66. The lowest BCUT2D eigenvalue weighted by molar-refractivity contribution is -0.224. The van der Waals surface area contributed by atoms with Crippen LogP contribution in [-0.4, -0.2) is 66.9 Å². The molecular formula is C20H25BrN2O3. The fourth-order valence-corrected chi connectivity index (χ4v) is 4.83. The monoisotopic (exact) mass is 420 g/mol. The van der Waals surface area contributed by atoms with Gasteiger partial charge in [-0.05, 0) is 37.1 Å². The molecule has 0 radical (unpaired) electrons. The SMILES string of the molecule is CN(C(=O)c1ccc(Br)cc1)[C@@H]1[C@@H](N2CC=CC2)CCCC12OCCO2. The summed E-state index contributed by atoms with van der Waals surface area (Å²) in [5, 5.41) is 0. The molecule has 2 aliphatic heterocycles. The van der Waals surface area contributed by atoms with Gasteiger partial charge in [-0.2, -0.15) is 0 Å². The van der Waals surface area contributed by atoms with E-state index in [0.29, 0.717) is 18.8 Å². The van der Waals surface area contributed by atoms with Gasteiger partial charge in [0.2, 0.25) is 0 Å². The van der Waals surface area contributed by atoms with Crippen molar-refractivity contribution in [1.29, 1.82) is 0 Å². The smallest absolute Gasteiger partial charge is 0.254 e. The average molecular weight is 421 g/mol. The minimum Gasteiger partial charge on any atom is -0.345 e. The molecule has 2 atom stereocenters. The zero-order chi connectivity index (χ0) is 18.1. The molecule has 1 amide bonds. The van der Waals surface area contributed by atoms with Crippen molar-refractivity contribution in [3.05, 3.63) is 46.5 Å². The molecule has 0 unspecified atom stereocenters. The molecule has 0 N–H and O–H groups in total. The first kappa shape index (κ1) is 18.2. The number of nitrogens with zero attached hydrogens (tertiary/aromatic N) is 2. The molecule has 1 saturated heterocycles. The summed E-state index contributed by atoms with van der Waals surface area (Å²) < 4.78 is 13.2. The Morgan fingerprint density at radius 3 is 2.50 bits per heavy atom. The second-order valence-electron chi connectivity index (χ2n) is 7.26. The summed E-state index contributed by atoms with van der Waals surface area (Å²) in [7, 11) is 1.89. The summed E-state index contributed by atoms with van der Waals surface area (Å²) in [5.74, 6) is -0.661. The molecule has 140 valence electrons. The quantitative estimate of drug-likeness (QED) is 0.704. The van der Waals surface area contributed by atoms with Crippen LogP contribution in [0.4, 0.5) is 0 Å². The molecule has 26 heavy (non-hydrogen) atoms. The van der Waals surface area contributed by atoms with E-state index in [0.717, 1.165) is 36.8 Å². The Bertz CT molecular complexity index is 677. The van der Waals surface area contributed by atoms with Crippen molar-refractivity contribution in [3.8, 4) is 0 Å². The van der Waals surface area contributed by atoms with Crippen LogP contribution in [-0.2, 0) is 9.47 Å². The predicted octanol–water partition coefficient (Wildman–Crippen LogP) is 3.06. The zero-order valence-electron chi connectivity index (χ0n) is 15.1. The van der Waals surface area contributed by atoms with Gasteiger partial charge in [-0.3, -0.25) is 9.69 Å². The molecule has 3 aliphatic rings. The Balaban J connectivity index is 1.64. The average Bonchev–Trinajstić information content (AvgIpc) is 3.34. The molecule has 1 aliphatic carbocycles. The topological polar surface area (TPSA) is 42.0 Å². The molecule has 1 spiro atoms. The van der Waals surface area contributed by atoms with Crippen molar-refractivity contribution < 1.29 is 14.3 Å². The van der Waals surface area contributed by atoms with E-state index in [1.54, 1.807) is 0 Å². The van der Waals surface area contributed by atoms with E-state index in [4.69, 9.17) is 9.47 Å². The van der Waals surface area contributed by atoms with E-state index in [1.165, 1.54) is 0 Å². The number of carbonyl (C=O) groups is 1. The number of benzene rings is 1. The predicted molar refractivity (Wildman–Crippen MR) is 103 cm³/mol. The van der Waals surface area contributed by atoms with Crippen LogP contribution in [0.2, 0.25) is 0 Å². The van der Waals surface area contributed by atoms with E-state index in [-0.39, 0.29) is 18.0 Å². The van der Waals surface area contributed by atoms with Gasteiger partial charge in [-0.25, -0.2) is 0 Å². The number of hydrogen-bond acceptors (Lipinski definition) is 4. The van der Waals surface area contributed by atoms with Crippen molar-refractivity contribution in [2.75, 3.05) is 33.4 Å². The first-order chi connectivity index (χ1) is 12.6. The van der Waals surface area contributed by atoms with Crippen LogP contribution in [0.25, 0.3) is 0 Å². The number of halogens is 1. The molecule has 1 aromatic rings. The maximum Gasteiger partial charge on any atom is 0.254 e. The number of ether oxygens (including phenoxy) is 2. The summed E-state index contributed by atoms with van der Waals surface area (Å²) in [5.41, 5.74) is 0.688. The minimum absolute atomic E-state index is 0.0139. The lowest BCUT2D eigenvalue weighted by Gasteiger charge is -2.50. The van der Waals surface area contributed by atoms with Gasteiger partial charge in [0.05, 0.1) is 13.2 Å². The van der Waals surface area contributed by atoms with Crippen LogP contribution in [0, 0.1) is 0 Å². The second kappa shape index (κ2) is 7.43. The highest BCUT2D eigenvalue weighted by Gasteiger charge is 2.54. The molecule has 2 heterocycles. The van der Waals surface area contributed by atoms with Gasteiger partial charge < -0.3 is 14.4 Å². The number of rotatable bonds is 3. The van der Waals surface area contributed by atoms with Crippen LogP contribution in [0.15, 0.2) is 40.9 Å². The normalized spacial score (nSPS) is 27.9. The Labute approximate surface area is 163 Å².